The van der Waals surface area contributed by atoms with Crippen LogP contribution in [0.5, 0.6) is 0 Å². The first-order valence-corrected chi connectivity index (χ1v) is 11.1. The lowest BCUT2D eigenvalue weighted by atomic mass is 10.1. The summed E-state index contributed by atoms with van der Waals surface area (Å²) in [5.74, 6) is 0.246. The predicted octanol–water partition coefficient (Wildman–Crippen LogP) is 6.00. The molecule has 3 aromatic carbocycles. The van der Waals surface area contributed by atoms with Crippen LogP contribution < -0.4 is 10.6 Å². The third-order valence-corrected chi connectivity index (χ3v) is 5.40. The lowest BCUT2D eigenvalue weighted by Crippen LogP contribution is -2.34. The number of aryl methyl sites for hydroxylation is 1. The Balaban J connectivity index is 1.57. The molecule has 170 valence electrons. The molecule has 2 amide bonds. The Labute approximate surface area is 203 Å². The zero-order chi connectivity index (χ0) is 23.9. The summed E-state index contributed by atoms with van der Waals surface area (Å²) in [6.45, 7) is 2.27. The Hall–Kier alpha value is -4.09. The van der Waals surface area contributed by atoms with Gasteiger partial charge in [0.05, 0.1) is 0 Å². The fourth-order valence-corrected chi connectivity index (χ4v) is 3.40. The van der Waals surface area contributed by atoms with E-state index in [2.05, 4.69) is 10.6 Å². The van der Waals surface area contributed by atoms with Gasteiger partial charge in [0.15, 0.2) is 0 Å². The normalized spacial score (nSPS) is 11.2. The number of carbonyl (C=O) groups is 2. The molecule has 0 spiro atoms. The molecule has 1 heterocycles. The van der Waals surface area contributed by atoms with Crippen molar-refractivity contribution in [1.29, 1.82) is 0 Å². The third kappa shape index (κ3) is 6.03. The van der Waals surface area contributed by atoms with E-state index in [-0.39, 0.29) is 11.6 Å². The van der Waals surface area contributed by atoms with Crippen molar-refractivity contribution in [3.8, 4) is 11.3 Å². The summed E-state index contributed by atoms with van der Waals surface area (Å²) in [5, 5.41) is 6.21. The van der Waals surface area contributed by atoms with Crippen molar-refractivity contribution in [2.24, 2.45) is 0 Å². The second-order valence-electron chi connectivity index (χ2n) is 7.76. The number of benzene rings is 3. The molecule has 5 nitrogen and oxygen atoms in total. The number of hydrogen-bond donors (Lipinski definition) is 2. The minimum atomic E-state index is -0.422. The van der Waals surface area contributed by atoms with E-state index in [9.17, 15) is 9.59 Å². The van der Waals surface area contributed by atoms with E-state index in [0.29, 0.717) is 28.7 Å². The SMILES string of the molecule is Cc1ccc(C(=O)N/C(=C/c2ccc(-c3ccc(Cl)cc3)o2)C(=O)NCc2ccccc2)cc1. The van der Waals surface area contributed by atoms with Crippen LogP contribution in [0.15, 0.2) is 101 Å². The zero-order valence-corrected chi connectivity index (χ0v) is 19.3. The summed E-state index contributed by atoms with van der Waals surface area (Å²) < 4.78 is 5.91. The molecule has 1 aromatic heterocycles. The van der Waals surface area contributed by atoms with Gasteiger partial charge < -0.3 is 15.1 Å². The second-order valence-corrected chi connectivity index (χ2v) is 8.19. The monoisotopic (exact) mass is 470 g/mol. The van der Waals surface area contributed by atoms with E-state index in [4.69, 9.17) is 16.0 Å². The van der Waals surface area contributed by atoms with Crippen LogP contribution in [0.25, 0.3) is 17.4 Å². The molecular weight excluding hydrogens is 448 g/mol. The fourth-order valence-electron chi connectivity index (χ4n) is 3.27. The molecule has 0 aliphatic carbocycles. The summed E-state index contributed by atoms with van der Waals surface area (Å²) in [6.07, 6.45) is 1.52. The number of halogens is 1. The average Bonchev–Trinajstić information content (AvgIpc) is 3.32. The third-order valence-electron chi connectivity index (χ3n) is 5.14. The quantitative estimate of drug-likeness (QED) is 0.325. The minimum absolute atomic E-state index is 0.0820. The van der Waals surface area contributed by atoms with Gasteiger partial charge in [-0.3, -0.25) is 9.59 Å². The van der Waals surface area contributed by atoms with E-state index < -0.39 is 5.91 Å². The van der Waals surface area contributed by atoms with Gasteiger partial charge in [0, 0.05) is 28.8 Å². The van der Waals surface area contributed by atoms with Crippen molar-refractivity contribution in [3.05, 3.63) is 124 Å². The minimum Gasteiger partial charge on any atom is -0.457 e. The fraction of sp³-hybridized carbons (Fsp3) is 0.0714. The highest BCUT2D eigenvalue weighted by Crippen LogP contribution is 2.24. The standard InChI is InChI=1S/C28H23ClN2O3/c1-19-7-9-22(10-8-19)27(32)31-25(28(33)30-18-20-5-3-2-4-6-20)17-24-15-16-26(34-24)21-11-13-23(29)14-12-21/h2-17H,18H2,1H3,(H,30,33)(H,31,32)/b25-17+. The van der Waals surface area contributed by atoms with E-state index in [1.54, 1.807) is 36.4 Å². The van der Waals surface area contributed by atoms with E-state index >= 15 is 0 Å². The molecule has 0 atom stereocenters. The molecule has 4 aromatic rings. The van der Waals surface area contributed by atoms with Crippen molar-refractivity contribution < 1.29 is 14.0 Å². The Morgan fingerprint density at radius 3 is 2.29 bits per heavy atom. The molecule has 34 heavy (non-hydrogen) atoms. The van der Waals surface area contributed by atoms with Crippen LogP contribution in [0.4, 0.5) is 0 Å². The smallest absolute Gasteiger partial charge is 0.268 e. The molecule has 0 radical (unpaired) electrons. The second kappa shape index (κ2) is 10.7. The van der Waals surface area contributed by atoms with Crippen molar-refractivity contribution in [3.63, 3.8) is 0 Å². The Kier molecular flexibility index (Phi) is 7.25. The van der Waals surface area contributed by atoms with E-state index in [1.165, 1.54) is 6.08 Å². The number of carbonyl (C=O) groups excluding carboxylic acids is 2. The maximum absolute atomic E-state index is 13.0. The lowest BCUT2D eigenvalue weighted by Gasteiger charge is -2.11. The molecule has 4 rings (SSSR count). The Morgan fingerprint density at radius 1 is 0.882 bits per heavy atom. The van der Waals surface area contributed by atoms with Gasteiger partial charge in [-0.05, 0) is 61.0 Å². The molecule has 0 aliphatic rings. The maximum Gasteiger partial charge on any atom is 0.268 e. The lowest BCUT2D eigenvalue weighted by molar-refractivity contribution is -0.117. The molecular formula is C28H23ClN2O3. The van der Waals surface area contributed by atoms with Gasteiger partial charge in [-0.2, -0.15) is 0 Å². The highest BCUT2D eigenvalue weighted by atomic mass is 35.5. The molecule has 0 unspecified atom stereocenters. The van der Waals surface area contributed by atoms with Crippen LogP contribution >= 0.6 is 11.6 Å². The van der Waals surface area contributed by atoms with Crippen LogP contribution in [0, 0.1) is 6.92 Å². The highest BCUT2D eigenvalue weighted by Gasteiger charge is 2.16. The molecule has 0 fully saturated rings. The molecule has 2 N–H and O–H groups in total. The first-order valence-electron chi connectivity index (χ1n) is 10.8. The summed E-state index contributed by atoms with van der Waals surface area (Å²) in [5.41, 5.74) is 3.37. The van der Waals surface area contributed by atoms with Gasteiger partial charge in [-0.1, -0.05) is 59.6 Å². The van der Waals surface area contributed by atoms with Gasteiger partial charge in [-0.15, -0.1) is 0 Å². The molecule has 0 aliphatic heterocycles. The number of amides is 2. The van der Waals surface area contributed by atoms with Crippen LogP contribution in [-0.4, -0.2) is 11.8 Å². The molecule has 0 saturated heterocycles. The van der Waals surface area contributed by atoms with E-state index in [0.717, 1.165) is 16.7 Å². The largest absolute Gasteiger partial charge is 0.457 e. The van der Waals surface area contributed by atoms with Gasteiger partial charge in [0.1, 0.15) is 17.2 Å². The van der Waals surface area contributed by atoms with Crippen LogP contribution in [0.2, 0.25) is 5.02 Å². The topological polar surface area (TPSA) is 71.3 Å². The first kappa shape index (κ1) is 23.1. The first-order chi connectivity index (χ1) is 16.5. The summed E-state index contributed by atoms with van der Waals surface area (Å²) in [7, 11) is 0. The number of hydrogen-bond acceptors (Lipinski definition) is 3. The van der Waals surface area contributed by atoms with E-state index in [1.807, 2.05) is 61.5 Å². The van der Waals surface area contributed by atoms with Crippen molar-refractivity contribution in [2.45, 2.75) is 13.5 Å². The van der Waals surface area contributed by atoms with Crippen molar-refractivity contribution in [1.82, 2.24) is 10.6 Å². The number of furan rings is 1. The predicted molar refractivity (Wildman–Crippen MR) is 134 cm³/mol. The van der Waals surface area contributed by atoms with Gasteiger partial charge >= 0.3 is 0 Å². The average molecular weight is 471 g/mol. The Bertz CT molecular complexity index is 1310. The summed E-state index contributed by atoms with van der Waals surface area (Å²) in [4.78, 5) is 25.8. The van der Waals surface area contributed by atoms with Crippen LogP contribution in [0.3, 0.4) is 0 Å². The maximum atomic E-state index is 13.0. The Morgan fingerprint density at radius 2 is 1.59 bits per heavy atom. The van der Waals surface area contributed by atoms with Crippen LogP contribution in [0.1, 0.15) is 27.2 Å². The van der Waals surface area contributed by atoms with Gasteiger partial charge in [-0.25, -0.2) is 0 Å². The highest BCUT2D eigenvalue weighted by molar-refractivity contribution is 6.30. The number of rotatable bonds is 7. The summed E-state index contributed by atoms with van der Waals surface area (Å²) in [6, 6.07) is 27.5. The zero-order valence-electron chi connectivity index (χ0n) is 18.5. The van der Waals surface area contributed by atoms with Crippen LogP contribution in [-0.2, 0) is 11.3 Å². The van der Waals surface area contributed by atoms with Crippen molar-refractivity contribution in [2.75, 3.05) is 0 Å². The molecule has 6 heteroatoms. The van der Waals surface area contributed by atoms with Crippen molar-refractivity contribution >= 4 is 29.5 Å². The van der Waals surface area contributed by atoms with Gasteiger partial charge in [0.2, 0.25) is 0 Å². The number of nitrogens with one attached hydrogen (secondary N) is 2. The summed E-state index contributed by atoms with van der Waals surface area (Å²) >= 11 is 5.96. The molecule has 0 saturated carbocycles. The van der Waals surface area contributed by atoms with Gasteiger partial charge in [0.25, 0.3) is 11.8 Å². The molecule has 0 bridgehead atoms.